The lowest BCUT2D eigenvalue weighted by Crippen LogP contribution is -2.53. The van der Waals surface area contributed by atoms with Gasteiger partial charge in [0.25, 0.3) is 0 Å². The summed E-state index contributed by atoms with van der Waals surface area (Å²) in [5.41, 5.74) is 5.88. The number of piperidine rings is 1. The van der Waals surface area contributed by atoms with E-state index in [1.54, 1.807) is 7.11 Å². The zero-order valence-electron chi connectivity index (χ0n) is 9.05. The minimum Gasteiger partial charge on any atom is -0.381 e. The maximum Gasteiger partial charge on any atom is 0.0595 e. The number of ether oxygens (including phenoxy) is 1. The van der Waals surface area contributed by atoms with Gasteiger partial charge in [0, 0.05) is 32.3 Å². The summed E-state index contributed by atoms with van der Waals surface area (Å²) in [5.74, 6) is 0. The summed E-state index contributed by atoms with van der Waals surface area (Å²) in [6, 6.07) is 0. The monoisotopic (exact) mass is 186 g/mol. The fraction of sp³-hybridized carbons (Fsp3) is 1.00. The molecule has 3 nitrogen and oxygen atoms in total. The molecule has 0 aromatic heterocycles. The number of nitrogens with zero attached hydrogens (tertiary/aromatic N) is 1. The van der Waals surface area contributed by atoms with Crippen LogP contribution in [0.25, 0.3) is 0 Å². The molecule has 1 aliphatic rings. The molecule has 1 saturated heterocycles. The van der Waals surface area contributed by atoms with E-state index in [1.807, 2.05) is 0 Å². The van der Waals surface area contributed by atoms with E-state index in [2.05, 4.69) is 18.7 Å². The second kappa shape index (κ2) is 4.40. The molecule has 1 aliphatic heterocycles. The molecular formula is C10H22N2O. The van der Waals surface area contributed by atoms with E-state index in [-0.39, 0.29) is 5.54 Å². The van der Waals surface area contributed by atoms with Crippen molar-refractivity contribution < 1.29 is 4.74 Å². The van der Waals surface area contributed by atoms with Crippen molar-refractivity contribution in [3.05, 3.63) is 0 Å². The van der Waals surface area contributed by atoms with Crippen molar-refractivity contribution in [1.29, 1.82) is 0 Å². The smallest absolute Gasteiger partial charge is 0.0595 e. The second-order valence-corrected chi connectivity index (χ2v) is 4.44. The average Bonchev–Trinajstić information content (AvgIpc) is 2.18. The second-order valence-electron chi connectivity index (χ2n) is 4.44. The summed E-state index contributed by atoms with van der Waals surface area (Å²) in [7, 11) is 1.80. The molecule has 0 radical (unpaired) electrons. The van der Waals surface area contributed by atoms with E-state index in [1.165, 1.54) is 0 Å². The van der Waals surface area contributed by atoms with Crippen LogP contribution in [0.2, 0.25) is 0 Å². The predicted octanol–water partition coefficient (Wildman–Crippen LogP) is 0.834. The fourth-order valence-corrected chi connectivity index (χ4v) is 1.83. The molecule has 13 heavy (non-hydrogen) atoms. The van der Waals surface area contributed by atoms with Gasteiger partial charge in [0.1, 0.15) is 0 Å². The first-order valence-electron chi connectivity index (χ1n) is 5.08. The third-order valence-corrected chi connectivity index (χ3v) is 3.13. The van der Waals surface area contributed by atoms with Crippen LogP contribution in [0.4, 0.5) is 0 Å². The van der Waals surface area contributed by atoms with Gasteiger partial charge in [-0.3, -0.25) is 4.90 Å². The lowest BCUT2D eigenvalue weighted by molar-refractivity contribution is 0.00898. The first-order valence-corrected chi connectivity index (χ1v) is 5.08. The standard InChI is InChI=1S/C10H22N2O/c1-10(2,8-11)12-6-4-9(13-3)5-7-12/h9H,4-8,11H2,1-3H3. The van der Waals surface area contributed by atoms with E-state index < -0.39 is 0 Å². The molecule has 0 aromatic carbocycles. The van der Waals surface area contributed by atoms with Crippen LogP contribution in [0.5, 0.6) is 0 Å². The van der Waals surface area contributed by atoms with Gasteiger partial charge >= 0.3 is 0 Å². The predicted molar refractivity (Wildman–Crippen MR) is 54.7 cm³/mol. The van der Waals surface area contributed by atoms with Crippen LogP contribution < -0.4 is 5.73 Å². The molecule has 1 rings (SSSR count). The first kappa shape index (κ1) is 11.0. The van der Waals surface area contributed by atoms with E-state index in [0.29, 0.717) is 6.10 Å². The van der Waals surface area contributed by atoms with Gasteiger partial charge in [-0.1, -0.05) is 0 Å². The third kappa shape index (κ3) is 2.66. The molecule has 0 saturated carbocycles. The minimum atomic E-state index is 0.151. The lowest BCUT2D eigenvalue weighted by atomic mass is 9.98. The largest absolute Gasteiger partial charge is 0.381 e. The number of rotatable bonds is 3. The molecule has 2 N–H and O–H groups in total. The Hall–Kier alpha value is -0.120. The van der Waals surface area contributed by atoms with Crippen molar-refractivity contribution in [3.63, 3.8) is 0 Å². The maximum atomic E-state index is 5.73. The molecule has 78 valence electrons. The lowest BCUT2D eigenvalue weighted by Gasteiger charge is -2.42. The first-order chi connectivity index (χ1) is 6.10. The quantitative estimate of drug-likeness (QED) is 0.709. The Morgan fingerprint density at radius 3 is 2.31 bits per heavy atom. The molecule has 0 spiro atoms. The summed E-state index contributed by atoms with van der Waals surface area (Å²) in [6.45, 7) is 7.37. The fourth-order valence-electron chi connectivity index (χ4n) is 1.83. The van der Waals surface area contributed by atoms with E-state index in [9.17, 15) is 0 Å². The van der Waals surface area contributed by atoms with Gasteiger partial charge in [-0.25, -0.2) is 0 Å². The van der Waals surface area contributed by atoms with Gasteiger partial charge in [0.2, 0.25) is 0 Å². The maximum absolute atomic E-state index is 5.73. The molecule has 0 atom stereocenters. The number of hydrogen-bond acceptors (Lipinski definition) is 3. The summed E-state index contributed by atoms with van der Waals surface area (Å²) in [5, 5.41) is 0. The van der Waals surface area contributed by atoms with Crippen molar-refractivity contribution in [1.82, 2.24) is 4.90 Å². The molecule has 0 bridgehead atoms. The average molecular weight is 186 g/mol. The summed E-state index contributed by atoms with van der Waals surface area (Å²) >= 11 is 0. The molecule has 1 heterocycles. The van der Waals surface area contributed by atoms with Crippen molar-refractivity contribution in [2.45, 2.75) is 38.3 Å². The van der Waals surface area contributed by atoms with Crippen LogP contribution in [0.1, 0.15) is 26.7 Å². The van der Waals surface area contributed by atoms with Gasteiger partial charge in [-0.15, -0.1) is 0 Å². The van der Waals surface area contributed by atoms with E-state index >= 15 is 0 Å². The highest BCUT2D eigenvalue weighted by atomic mass is 16.5. The topological polar surface area (TPSA) is 38.5 Å². The van der Waals surface area contributed by atoms with Crippen LogP contribution in [0, 0.1) is 0 Å². The van der Waals surface area contributed by atoms with Crippen LogP contribution in [0.15, 0.2) is 0 Å². The highest BCUT2D eigenvalue weighted by Crippen LogP contribution is 2.20. The van der Waals surface area contributed by atoms with Gasteiger partial charge < -0.3 is 10.5 Å². The molecule has 1 fully saturated rings. The Labute approximate surface area is 81.2 Å². The van der Waals surface area contributed by atoms with E-state index in [4.69, 9.17) is 10.5 Å². The molecule has 0 unspecified atom stereocenters. The van der Waals surface area contributed by atoms with Crippen molar-refractivity contribution in [3.8, 4) is 0 Å². The molecule has 0 aliphatic carbocycles. The van der Waals surface area contributed by atoms with Crippen LogP contribution in [-0.2, 0) is 4.74 Å². The van der Waals surface area contributed by atoms with Crippen LogP contribution >= 0.6 is 0 Å². The Morgan fingerprint density at radius 2 is 1.92 bits per heavy atom. The van der Waals surface area contributed by atoms with Crippen molar-refractivity contribution in [2.75, 3.05) is 26.7 Å². The zero-order valence-corrected chi connectivity index (χ0v) is 9.05. The van der Waals surface area contributed by atoms with Gasteiger partial charge in [-0.05, 0) is 26.7 Å². The van der Waals surface area contributed by atoms with Crippen molar-refractivity contribution in [2.24, 2.45) is 5.73 Å². The van der Waals surface area contributed by atoms with Crippen LogP contribution in [0.3, 0.4) is 0 Å². The zero-order chi connectivity index (χ0) is 9.90. The Morgan fingerprint density at radius 1 is 1.38 bits per heavy atom. The molecule has 0 aromatic rings. The Bertz CT molecular complexity index is 151. The molecule has 3 heteroatoms. The van der Waals surface area contributed by atoms with Crippen LogP contribution in [-0.4, -0.2) is 43.3 Å². The molecular weight excluding hydrogens is 164 g/mol. The minimum absolute atomic E-state index is 0.151. The SMILES string of the molecule is COC1CCN(C(C)(C)CN)CC1. The molecule has 0 amide bonds. The Balaban J connectivity index is 2.40. The number of hydrogen-bond donors (Lipinski definition) is 1. The van der Waals surface area contributed by atoms with Gasteiger partial charge in [0.05, 0.1) is 6.10 Å². The van der Waals surface area contributed by atoms with E-state index in [0.717, 1.165) is 32.5 Å². The number of likely N-dealkylation sites (tertiary alicyclic amines) is 1. The third-order valence-electron chi connectivity index (χ3n) is 3.13. The summed E-state index contributed by atoms with van der Waals surface area (Å²) in [6.07, 6.45) is 2.74. The van der Waals surface area contributed by atoms with Gasteiger partial charge in [-0.2, -0.15) is 0 Å². The summed E-state index contributed by atoms with van der Waals surface area (Å²) in [4.78, 5) is 2.46. The van der Waals surface area contributed by atoms with Crippen molar-refractivity contribution >= 4 is 0 Å². The highest BCUT2D eigenvalue weighted by Gasteiger charge is 2.29. The number of nitrogens with two attached hydrogens (primary N) is 1. The van der Waals surface area contributed by atoms with Gasteiger partial charge in [0.15, 0.2) is 0 Å². The summed E-state index contributed by atoms with van der Waals surface area (Å²) < 4.78 is 5.33. The number of methoxy groups -OCH3 is 1. The highest BCUT2D eigenvalue weighted by molar-refractivity contribution is 4.86. The Kier molecular flexibility index (Phi) is 3.71. The normalized spacial score (nSPS) is 22.2.